The first-order valence-corrected chi connectivity index (χ1v) is 8.96. The maximum atomic E-state index is 11.3. The van der Waals surface area contributed by atoms with Crippen LogP contribution in [0.3, 0.4) is 0 Å². The minimum Gasteiger partial charge on any atom is -0.366 e. The number of aryl methyl sites for hydroxylation is 1. The molecule has 0 radical (unpaired) electrons. The van der Waals surface area contributed by atoms with Gasteiger partial charge < -0.3 is 11.1 Å². The van der Waals surface area contributed by atoms with Crippen LogP contribution in [-0.4, -0.2) is 12.5 Å². The number of amides is 1. The van der Waals surface area contributed by atoms with Crippen LogP contribution in [0.25, 0.3) is 11.1 Å². The summed E-state index contributed by atoms with van der Waals surface area (Å²) >= 11 is 0. The topological polar surface area (TPSA) is 55.1 Å². The molecule has 1 amide bonds. The zero-order valence-corrected chi connectivity index (χ0v) is 14.8. The van der Waals surface area contributed by atoms with Crippen LogP contribution >= 0.6 is 0 Å². The van der Waals surface area contributed by atoms with E-state index in [1.54, 1.807) is 6.07 Å². The Bertz CT molecular complexity index is 842. The Balaban J connectivity index is 1.48. The molecule has 26 heavy (non-hydrogen) atoms. The van der Waals surface area contributed by atoms with Crippen LogP contribution in [0.2, 0.25) is 0 Å². The highest BCUT2D eigenvalue weighted by molar-refractivity contribution is 5.94. The molecular formula is C23H24N2O. The molecule has 0 aromatic heterocycles. The standard InChI is InChI=1S/C23H24N2O/c24-23(26)22-10-4-9-21(16-22)20-13-11-19(12-14-20)17-25-15-5-8-18-6-2-1-3-7-18/h1-4,6-7,9-14,16,25H,5,8,15,17H2,(H2,24,26). The Morgan fingerprint density at radius 1 is 0.808 bits per heavy atom. The summed E-state index contributed by atoms with van der Waals surface area (Å²) in [5, 5.41) is 3.49. The van der Waals surface area contributed by atoms with Crippen LogP contribution in [-0.2, 0) is 13.0 Å². The van der Waals surface area contributed by atoms with Crippen LogP contribution in [0.4, 0.5) is 0 Å². The molecule has 0 aliphatic heterocycles. The van der Waals surface area contributed by atoms with Crippen molar-refractivity contribution in [2.45, 2.75) is 19.4 Å². The third-order valence-corrected chi connectivity index (χ3v) is 4.43. The average Bonchev–Trinajstić information content (AvgIpc) is 2.69. The predicted octanol–water partition coefficient (Wildman–Crippen LogP) is 4.17. The van der Waals surface area contributed by atoms with Crippen molar-refractivity contribution in [1.29, 1.82) is 0 Å². The highest BCUT2D eigenvalue weighted by Gasteiger charge is 2.03. The Labute approximate surface area is 154 Å². The van der Waals surface area contributed by atoms with Gasteiger partial charge in [0.1, 0.15) is 0 Å². The molecule has 0 bridgehead atoms. The number of primary amides is 1. The van der Waals surface area contributed by atoms with Crippen LogP contribution in [0.5, 0.6) is 0 Å². The van der Waals surface area contributed by atoms with Crippen LogP contribution in [0.1, 0.15) is 27.9 Å². The third kappa shape index (κ3) is 5.04. The summed E-state index contributed by atoms with van der Waals surface area (Å²) in [5.74, 6) is -0.400. The van der Waals surface area contributed by atoms with Gasteiger partial charge in [0, 0.05) is 12.1 Å². The molecule has 3 aromatic rings. The van der Waals surface area contributed by atoms with Gasteiger partial charge in [-0.2, -0.15) is 0 Å². The molecule has 0 unspecified atom stereocenters. The van der Waals surface area contributed by atoms with Crippen molar-refractivity contribution < 1.29 is 4.79 Å². The van der Waals surface area contributed by atoms with Gasteiger partial charge in [-0.1, -0.05) is 66.7 Å². The average molecular weight is 344 g/mol. The second kappa shape index (κ2) is 8.97. The van der Waals surface area contributed by atoms with Gasteiger partial charge in [-0.15, -0.1) is 0 Å². The molecular weight excluding hydrogens is 320 g/mol. The summed E-state index contributed by atoms with van der Waals surface area (Å²) in [6.07, 6.45) is 2.23. The SMILES string of the molecule is NC(=O)c1cccc(-c2ccc(CNCCCc3ccccc3)cc2)c1. The Morgan fingerprint density at radius 2 is 1.58 bits per heavy atom. The van der Waals surface area contributed by atoms with E-state index in [2.05, 4.69) is 59.9 Å². The van der Waals surface area contributed by atoms with Gasteiger partial charge >= 0.3 is 0 Å². The number of hydrogen-bond donors (Lipinski definition) is 2. The smallest absolute Gasteiger partial charge is 0.248 e. The second-order valence-electron chi connectivity index (χ2n) is 6.41. The van der Waals surface area contributed by atoms with Crippen molar-refractivity contribution >= 4 is 5.91 Å². The van der Waals surface area contributed by atoms with Crippen molar-refractivity contribution in [3.63, 3.8) is 0 Å². The monoisotopic (exact) mass is 344 g/mol. The summed E-state index contributed by atoms with van der Waals surface area (Å²) in [6.45, 7) is 1.85. The zero-order chi connectivity index (χ0) is 18.2. The van der Waals surface area contributed by atoms with Gasteiger partial charge in [0.2, 0.25) is 5.91 Å². The number of rotatable bonds is 8. The lowest BCUT2D eigenvalue weighted by atomic mass is 10.0. The van der Waals surface area contributed by atoms with E-state index in [-0.39, 0.29) is 0 Å². The van der Waals surface area contributed by atoms with E-state index >= 15 is 0 Å². The first-order chi connectivity index (χ1) is 12.7. The molecule has 3 nitrogen and oxygen atoms in total. The molecule has 0 atom stereocenters. The van der Waals surface area contributed by atoms with Crippen LogP contribution in [0.15, 0.2) is 78.9 Å². The molecule has 3 aromatic carbocycles. The Morgan fingerprint density at radius 3 is 2.31 bits per heavy atom. The van der Waals surface area contributed by atoms with E-state index in [0.717, 1.165) is 37.1 Å². The lowest BCUT2D eigenvalue weighted by Crippen LogP contribution is -2.15. The molecule has 0 heterocycles. The molecule has 3 heteroatoms. The van der Waals surface area contributed by atoms with Crippen molar-refractivity contribution in [3.05, 3.63) is 95.6 Å². The minimum atomic E-state index is -0.400. The van der Waals surface area contributed by atoms with E-state index in [1.165, 1.54) is 11.1 Å². The number of carbonyl (C=O) groups is 1. The van der Waals surface area contributed by atoms with E-state index in [4.69, 9.17) is 5.73 Å². The van der Waals surface area contributed by atoms with E-state index in [9.17, 15) is 4.79 Å². The lowest BCUT2D eigenvalue weighted by molar-refractivity contribution is 0.100. The molecule has 0 fully saturated rings. The molecule has 3 N–H and O–H groups in total. The fraction of sp³-hybridized carbons (Fsp3) is 0.174. The summed E-state index contributed by atoms with van der Waals surface area (Å²) in [5.41, 5.74) is 10.6. The van der Waals surface area contributed by atoms with Crippen molar-refractivity contribution in [1.82, 2.24) is 5.32 Å². The fourth-order valence-corrected chi connectivity index (χ4v) is 2.96. The highest BCUT2D eigenvalue weighted by Crippen LogP contribution is 2.21. The summed E-state index contributed by atoms with van der Waals surface area (Å²) < 4.78 is 0. The molecule has 132 valence electrons. The van der Waals surface area contributed by atoms with Gasteiger partial charge in [-0.3, -0.25) is 4.79 Å². The number of benzene rings is 3. The number of carbonyl (C=O) groups excluding carboxylic acids is 1. The minimum absolute atomic E-state index is 0.400. The fourth-order valence-electron chi connectivity index (χ4n) is 2.96. The summed E-state index contributed by atoms with van der Waals surface area (Å²) in [7, 11) is 0. The van der Waals surface area contributed by atoms with Crippen LogP contribution < -0.4 is 11.1 Å². The summed E-state index contributed by atoms with van der Waals surface area (Å²) in [4.78, 5) is 11.3. The van der Waals surface area contributed by atoms with Gasteiger partial charge in [-0.25, -0.2) is 0 Å². The molecule has 0 aliphatic carbocycles. The van der Waals surface area contributed by atoms with E-state index in [0.29, 0.717) is 5.56 Å². The predicted molar refractivity (Wildman–Crippen MR) is 107 cm³/mol. The highest BCUT2D eigenvalue weighted by atomic mass is 16.1. The lowest BCUT2D eigenvalue weighted by Gasteiger charge is -2.07. The van der Waals surface area contributed by atoms with Crippen molar-refractivity contribution in [2.24, 2.45) is 5.73 Å². The van der Waals surface area contributed by atoms with Crippen molar-refractivity contribution in [2.75, 3.05) is 6.54 Å². The zero-order valence-electron chi connectivity index (χ0n) is 14.8. The second-order valence-corrected chi connectivity index (χ2v) is 6.41. The Hall–Kier alpha value is -2.91. The normalized spacial score (nSPS) is 10.6. The quantitative estimate of drug-likeness (QED) is 0.603. The number of nitrogens with one attached hydrogen (secondary N) is 1. The number of hydrogen-bond acceptors (Lipinski definition) is 2. The van der Waals surface area contributed by atoms with Crippen molar-refractivity contribution in [3.8, 4) is 11.1 Å². The van der Waals surface area contributed by atoms with E-state index in [1.807, 2.05) is 18.2 Å². The van der Waals surface area contributed by atoms with Crippen LogP contribution in [0, 0.1) is 0 Å². The molecule has 0 saturated heterocycles. The third-order valence-electron chi connectivity index (χ3n) is 4.43. The number of nitrogens with two attached hydrogens (primary N) is 1. The maximum absolute atomic E-state index is 11.3. The molecule has 0 saturated carbocycles. The summed E-state index contributed by atoms with van der Waals surface area (Å²) in [6, 6.07) is 26.4. The molecule has 0 aliphatic rings. The van der Waals surface area contributed by atoms with E-state index < -0.39 is 5.91 Å². The van der Waals surface area contributed by atoms with Gasteiger partial charge in [0.25, 0.3) is 0 Å². The van der Waals surface area contributed by atoms with Gasteiger partial charge in [0.05, 0.1) is 0 Å². The maximum Gasteiger partial charge on any atom is 0.248 e. The van der Waals surface area contributed by atoms with Gasteiger partial charge in [0.15, 0.2) is 0 Å². The Kier molecular flexibility index (Phi) is 6.18. The molecule has 0 spiro atoms. The van der Waals surface area contributed by atoms with Gasteiger partial charge in [-0.05, 0) is 53.8 Å². The first-order valence-electron chi connectivity index (χ1n) is 8.96. The first kappa shape index (κ1) is 17.9. The largest absolute Gasteiger partial charge is 0.366 e. The molecule has 3 rings (SSSR count).